The number of nitrogens with one attached hydrogen (secondary N) is 2. The van der Waals surface area contributed by atoms with E-state index in [0.717, 1.165) is 36.7 Å². The van der Waals surface area contributed by atoms with Gasteiger partial charge in [-0.25, -0.2) is 13.5 Å². The van der Waals surface area contributed by atoms with E-state index in [0.29, 0.717) is 24.8 Å². The molecule has 12 heteroatoms. The molecule has 0 radical (unpaired) electrons. The monoisotopic (exact) mass is 553 g/mol. The van der Waals surface area contributed by atoms with Gasteiger partial charge in [-0.3, -0.25) is 19.3 Å². The van der Waals surface area contributed by atoms with Crippen LogP contribution < -0.4 is 20.9 Å². The van der Waals surface area contributed by atoms with Crippen molar-refractivity contribution >= 4 is 17.5 Å². The highest BCUT2D eigenvalue weighted by molar-refractivity contribution is 6.03. The number of rotatable bonds is 8. The average molecular weight is 554 g/mol. The van der Waals surface area contributed by atoms with Crippen LogP contribution in [0.2, 0.25) is 0 Å². The van der Waals surface area contributed by atoms with E-state index in [-0.39, 0.29) is 35.3 Å². The van der Waals surface area contributed by atoms with Crippen molar-refractivity contribution in [2.75, 3.05) is 38.7 Å². The van der Waals surface area contributed by atoms with Crippen LogP contribution in [0, 0.1) is 11.6 Å². The maximum atomic E-state index is 14.5. The Morgan fingerprint density at radius 2 is 1.80 bits per heavy atom. The predicted molar refractivity (Wildman–Crippen MR) is 142 cm³/mol. The second-order valence-electron chi connectivity index (χ2n) is 9.78. The van der Waals surface area contributed by atoms with Crippen LogP contribution in [0.25, 0.3) is 0 Å². The Morgan fingerprint density at radius 3 is 2.52 bits per heavy atom. The molecule has 1 saturated carbocycles. The lowest BCUT2D eigenvalue weighted by Gasteiger charge is -2.44. The Labute approximate surface area is 228 Å². The molecule has 210 valence electrons. The minimum atomic E-state index is -0.710. The smallest absolute Gasteiger partial charge is 0.276 e. The van der Waals surface area contributed by atoms with Gasteiger partial charge in [-0.15, -0.1) is 0 Å². The Bertz CT molecular complexity index is 1470. The Kier molecular flexibility index (Phi) is 8.17. The summed E-state index contributed by atoms with van der Waals surface area (Å²) in [7, 11) is 1.35. The molecule has 2 N–H and O–H groups in total. The molecule has 1 aromatic heterocycles. The molecule has 2 heterocycles. The highest BCUT2D eigenvalue weighted by Crippen LogP contribution is 2.27. The summed E-state index contributed by atoms with van der Waals surface area (Å²) < 4.78 is 39.9. The Morgan fingerprint density at radius 1 is 1.02 bits per heavy atom. The summed E-state index contributed by atoms with van der Waals surface area (Å²) in [4.78, 5) is 40.3. The van der Waals surface area contributed by atoms with E-state index < -0.39 is 29.0 Å². The molecule has 40 heavy (non-hydrogen) atoms. The first kappa shape index (κ1) is 27.4. The van der Waals surface area contributed by atoms with Gasteiger partial charge in [-0.2, -0.15) is 5.10 Å². The summed E-state index contributed by atoms with van der Waals surface area (Å²) in [5, 5.41) is 9.54. The van der Waals surface area contributed by atoms with Gasteiger partial charge in [0.1, 0.15) is 11.5 Å². The summed E-state index contributed by atoms with van der Waals surface area (Å²) in [5.41, 5.74) is -0.129. The highest BCUT2D eigenvalue weighted by Gasteiger charge is 2.35. The van der Waals surface area contributed by atoms with Crippen molar-refractivity contribution in [3.63, 3.8) is 0 Å². The number of ether oxygens (including phenoxy) is 2. The molecule has 3 aromatic rings. The van der Waals surface area contributed by atoms with Crippen molar-refractivity contribution in [2.24, 2.45) is 0 Å². The second-order valence-corrected chi connectivity index (χ2v) is 9.78. The maximum absolute atomic E-state index is 14.5. The van der Waals surface area contributed by atoms with Crippen molar-refractivity contribution in [2.45, 2.75) is 31.5 Å². The molecule has 2 amide bonds. The van der Waals surface area contributed by atoms with Crippen LogP contribution >= 0.6 is 0 Å². The molecule has 1 aliphatic carbocycles. The lowest BCUT2D eigenvalue weighted by atomic mass is 9.85. The normalized spacial score (nSPS) is 19.0. The minimum absolute atomic E-state index is 0.0533. The average Bonchev–Trinajstić information content (AvgIpc) is 2.93. The SMILES string of the molecule is COc1ccc(Cn2nc(C(=O)Nc3ccc(F)c(C(=O)NC4CC(N5CCOCC5)C4)c3)ccc2=O)cc1F. The zero-order valence-corrected chi connectivity index (χ0v) is 21.9. The van der Waals surface area contributed by atoms with Gasteiger partial charge in [0.25, 0.3) is 17.4 Å². The van der Waals surface area contributed by atoms with Crippen LogP contribution in [0.5, 0.6) is 5.75 Å². The topological polar surface area (TPSA) is 115 Å². The lowest BCUT2D eigenvalue weighted by Crippen LogP contribution is -2.56. The van der Waals surface area contributed by atoms with Crippen LogP contribution in [0.1, 0.15) is 39.3 Å². The molecule has 0 bridgehead atoms. The van der Waals surface area contributed by atoms with Gasteiger partial charge in [0.05, 0.1) is 32.4 Å². The van der Waals surface area contributed by atoms with Gasteiger partial charge in [0.15, 0.2) is 11.6 Å². The van der Waals surface area contributed by atoms with Crippen LogP contribution in [0.15, 0.2) is 53.3 Å². The van der Waals surface area contributed by atoms with E-state index in [4.69, 9.17) is 9.47 Å². The van der Waals surface area contributed by atoms with E-state index in [9.17, 15) is 23.2 Å². The fourth-order valence-corrected chi connectivity index (χ4v) is 4.85. The molecule has 10 nitrogen and oxygen atoms in total. The number of carbonyl (C=O) groups is 2. The van der Waals surface area contributed by atoms with E-state index >= 15 is 0 Å². The van der Waals surface area contributed by atoms with Gasteiger partial charge < -0.3 is 20.1 Å². The fourth-order valence-electron chi connectivity index (χ4n) is 4.85. The first-order valence-electron chi connectivity index (χ1n) is 12.9. The first-order valence-corrected chi connectivity index (χ1v) is 12.9. The summed E-state index contributed by atoms with van der Waals surface area (Å²) in [6.45, 7) is 3.07. The number of halogens is 2. The number of hydrogen-bond acceptors (Lipinski definition) is 7. The van der Waals surface area contributed by atoms with Gasteiger partial charge in [0.2, 0.25) is 0 Å². The number of amides is 2. The van der Waals surface area contributed by atoms with Crippen LogP contribution in [-0.4, -0.2) is 72.0 Å². The Balaban J connectivity index is 1.22. The van der Waals surface area contributed by atoms with E-state index in [1.807, 2.05) is 0 Å². The van der Waals surface area contributed by atoms with E-state index in [1.165, 1.54) is 43.5 Å². The van der Waals surface area contributed by atoms with Crippen molar-refractivity contribution in [1.82, 2.24) is 20.0 Å². The van der Waals surface area contributed by atoms with Crippen LogP contribution in [0.3, 0.4) is 0 Å². The molecule has 0 atom stereocenters. The molecular weight excluding hydrogens is 524 g/mol. The van der Waals surface area contributed by atoms with Crippen LogP contribution in [-0.2, 0) is 11.3 Å². The second kappa shape index (κ2) is 11.9. The standard InChI is InChI=1S/C28H29F2N5O5/c1-39-25-6-2-17(12-23(25)30)16-35-26(36)7-5-24(33-35)28(38)31-18-3-4-22(29)21(15-18)27(37)32-19-13-20(14-19)34-8-10-40-11-9-34/h2-7,12,15,19-20H,8-11,13-14,16H2,1H3,(H,31,38)(H,32,37). The summed E-state index contributed by atoms with van der Waals surface area (Å²) in [5.74, 6) is -2.46. The molecule has 0 unspecified atom stereocenters. The number of anilines is 1. The summed E-state index contributed by atoms with van der Waals surface area (Å²) in [6, 6.07) is 10.7. The minimum Gasteiger partial charge on any atom is -0.494 e. The number of carbonyl (C=O) groups excluding carboxylic acids is 2. The van der Waals surface area contributed by atoms with Gasteiger partial charge in [-0.1, -0.05) is 6.07 Å². The Hall–Kier alpha value is -4.16. The number of aromatic nitrogens is 2. The first-order chi connectivity index (χ1) is 19.3. The van der Waals surface area contributed by atoms with E-state index in [1.54, 1.807) is 6.07 Å². The number of methoxy groups -OCH3 is 1. The molecule has 2 fully saturated rings. The molecule has 0 spiro atoms. The molecule has 2 aromatic carbocycles. The number of nitrogens with zero attached hydrogens (tertiary/aromatic N) is 3. The zero-order valence-electron chi connectivity index (χ0n) is 21.9. The van der Waals surface area contributed by atoms with Crippen molar-refractivity contribution in [1.29, 1.82) is 0 Å². The largest absolute Gasteiger partial charge is 0.494 e. The van der Waals surface area contributed by atoms with Crippen molar-refractivity contribution in [3.05, 3.63) is 87.3 Å². The maximum Gasteiger partial charge on any atom is 0.276 e. The number of hydrogen-bond donors (Lipinski definition) is 2. The zero-order chi connectivity index (χ0) is 28.2. The van der Waals surface area contributed by atoms with E-state index in [2.05, 4.69) is 20.6 Å². The fraction of sp³-hybridized carbons (Fsp3) is 0.357. The third kappa shape index (κ3) is 6.18. The van der Waals surface area contributed by atoms with Crippen molar-refractivity contribution in [3.8, 4) is 5.75 Å². The molecule has 2 aliphatic rings. The van der Waals surface area contributed by atoms with Gasteiger partial charge >= 0.3 is 0 Å². The predicted octanol–water partition coefficient (Wildman–Crippen LogP) is 2.42. The summed E-state index contributed by atoms with van der Waals surface area (Å²) >= 11 is 0. The van der Waals surface area contributed by atoms with Crippen molar-refractivity contribution < 1.29 is 27.8 Å². The van der Waals surface area contributed by atoms with Crippen LogP contribution in [0.4, 0.5) is 14.5 Å². The third-order valence-corrected chi connectivity index (χ3v) is 7.13. The molecular formula is C28H29F2N5O5. The molecule has 1 aliphatic heterocycles. The third-order valence-electron chi connectivity index (χ3n) is 7.13. The number of morpholine rings is 1. The summed E-state index contributed by atoms with van der Waals surface area (Å²) in [6.07, 6.45) is 1.57. The lowest BCUT2D eigenvalue weighted by molar-refractivity contribution is -0.00951. The molecule has 1 saturated heterocycles. The molecule has 5 rings (SSSR count). The highest BCUT2D eigenvalue weighted by atomic mass is 19.1. The quantitative estimate of drug-likeness (QED) is 0.440. The van der Waals surface area contributed by atoms with Gasteiger partial charge in [0, 0.05) is 36.9 Å². The van der Waals surface area contributed by atoms with Gasteiger partial charge in [-0.05, 0) is 54.8 Å². The number of benzene rings is 2.